The van der Waals surface area contributed by atoms with Crippen LogP contribution in [0.15, 0.2) is 52.2 Å². The molecule has 1 aliphatic heterocycles. The quantitative estimate of drug-likeness (QED) is 0.466. The lowest BCUT2D eigenvalue weighted by Crippen LogP contribution is -2.36. The molecule has 0 unspecified atom stereocenters. The Morgan fingerprint density at radius 1 is 1.12 bits per heavy atom. The first-order valence-corrected chi connectivity index (χ1v) is 8.75. The predicted octanol–water partition coefficient (Wildman–Crippen LogP) is 2.38. The number of rotatable bonds is 5. The van der Waals surface area contributed by atoms with Gasteiger partial charge in [0.15, 0.2) is 0 Å². The molecule has 3 rings (SSSR count). The fourth-order valence-corrected chi connectivity index (χ4v) is 3.05. The standard InChI is InChI=1S/C19H21N3O4/c1-2-26-19(25)21-20-16(13-8-4-3-5-9-13)12-22-17(23)14-10-6-7-11-15(14)18(22)24/h4,8-11H,2-3,5-7,12H2,1H3,(H,21,25)/b20-16-. The molecule has 0 saturated carbocycles. The second-order valence-corrected chi connectivity index (χ2v) is 6.04. The van der Waals surface area contributed by atoms with Crippen molar-refractivity contribution in [2.24, 2.45) is 5.10 Å². The summed E-state index contributed by atoms with van der Waals surface area (Å²) in [6.07, 6.45) is 12.1. The Bertz CT molecular complexity index is 755. The van der Waals surface area contributed by atoms with Crippen molar-refractivity contribution in [1.29, 1.82) is 0 Å². The maximum atomic E-state index is 12.6. The van der Waals surface area contributed by atoms with E-state index < -0.39 is 6.09 Å². The third kappa shape index (κ3) is 3.66. The number of hydrogen-bond acceptors (Lipinski definition) is 5. The van der Waals surface area contributed by atoms with Crippen LogP contribution < -0.4 is 5.43 Å². The van der Waals surface area contributed by atoms with Crippen LogP contribution in [-0.4, -0.2) is 41.7 Å². The minimum absolute atomic E-state index is 0.00503. The number of likely N-dealkylation sites (tertiary alicyclic amines) is 1. The third-order valence-corrected chi connectivity index (χ3v) is 4.30. The molecule has 26 heavy (non-hydrogen) atoms. The third-order valence-electron chi connectivity index (χ3n) is 4.30. The molecule has 1 heterocycles. The van der Waals surface area contributed by atoms with Crippen molar-refractivity contribution in [2.75, 3.05) is 13.2 Å². The summed E-state index contributed by atoms with van der Waals surface area (Å²) in [6, 6.07) is 0. The average molecular weight is 355 g/mol. The molecule has 0 bridgehead atoms. The molecule has 1 fully saturated rings. The van der Waals surface area contributed by atoms with Crippen LogP contribution >= 0.6 is 0 Å². The van der Waals surface area contributed by atoms with Gasteiger partial charge in [-0.15, -0.1) is 0 Å². The van der Waals surface area contributed by atoms with Crippen LogP contribution in [0.1, 0.15) is 32.6 Å². The van der Waals surface area contributed by atoms with Crippen molar-refractivity contribution < 1.29 is 19.1 Å². The molecule has 0 radical (unpaired) electrons. The van der Waals surface area contributed by atoms with Gasteiger partial charge in [0.25, 0.3) is 11.8 Å². The maximum absolute atomic E-state index is 12.6. The SMILES string of the molecule is CCOC(=O)N/N=C(/CN1C(=O)C2=CCCC=C2C1=O)C1=CCCC=C1. The average Bonchev–Trinajstić information content (AvgIpc) is 2.91. The Hall–Kier alpha value is -2.96. The Kier molecular flexibility index (Phi) is 5.46. The largest absolute Gasteiger partial charge is 0.449 e. The molecule has 7 heteroatoms. The van der Waals surface area contributed by atoms with Crippen LogP contribution in [0.3, 0.4) is 0 Å². The predicted molar refractivity (Wildman–Crippen MR) is 96.2 cm³/mol. The summed E-state index contributed by atoms with van der Waals surface area (Å²) in [5, 5.41) is 4.10. The van der Waals surface area contributed by atoms with Gasteiger partial charge in [0.2, 0.25) is 0 Å². The molecule has 136 valence electrons. The first-order valence-electron chi connectivity index (χ1n) is 8.75. The van der Waals surface area contributed by atoms with Crippen LogP contribution in [-0.2, 0) is 14.3 Å². The monoisotopic (exact) mass is 355 g/mol. The Labute approximate surface area is 151 Å². The van der Waals surface area contributed by atoms with E-state index in [0.717, 1.165) is 31.3 Å². The van der Waals surface area contributed by atoms with Crippen LogP contribution in [0.4, 0.5) is 4.79 Å². The lowest BCUT2D eigenvalue weighted by atomic mass is 10.0. The van der Waals surface area contributed by atoms with Gasteiger partial charge < -0.3 is 4.74 Å². The summed E-state index contributed by atoms with van der Waals surface area (Å²) in [7, 11) is 0. The second kappa shape index (κ2) is 7.95. The zero-order valence-corrected chi connectivity index (χ0v) is 14.7. The summed E-state index contributed by atoms with van der Waals surface area (Å²) < 4.78 is 4.81. The van der Waals surface area contributed by atoms with Gasteiger partial charge in [-0.2, -0.15) is 5.10 Å². The number of imide groups is 1. The van der Waals surface area contributed by atoms with E-state index in [1.807, 2.05) is 30.4 Å². The number of fused-ring (bicyclic) bond motifs is 1. The molecule has 7 nitrogen and oxygen atoms in total. The summed E-state index contributed by atoms with van der Waals surface area (Å²) >= 11 is 0. The lowest BCUT2D eigenvalue weighted by Gasteiger charge is -2.17. The first-order chi connectivity index (χ1) is 12.6. The molecular weight excluding hydrogens is 334 g/mol. The van der Waals surface area contributed by atoms with E-state index in [9.17, 15) is 14.4 Å². The highest BCUT2D eigenvalue weighted by atomic mass is 16.5. The number of carbonyl (C=O) groups excluding carboxylic acids is 3. The number of ether oxygens (including phenoxy) is 1. The molecule has 3 amide bonds. The zero-order valence-electron chi connectivity index (χ0n) is 14.7. The smallest absolute Gasteiger partial charge is 0.427 e. The van der Waals surface area contributed by atoms with Gasteiger partial charge in [0.1, 0.15) is 0 Å². The van der Waals surface area contributed by atoms with Crippen molar-refractivity contribution in [3.8, 4) is 0 Å². The number of carbonyl (C=O) groups is 3. The van der Waals surface area contributed by atoms with E-state index in [0.29, 0.717) is 16.9 Å². The number of nitrogens with zero attached hydrogens (tertiary/aromatic N) is 2. The Balaban J connectivity index is 1.83. The van der Waals surface area contributed by atoms with Crippen molar-refractivity contribution in [3.63, 3.8) is 0 Å². The second-order valence-electron chi connectivity index (χ2n) is 6.04. The molecule has 0 aromatic rings. The summed E-state index contributed by atoms with van der Waals surface area (Å²) in [6.45, 7) is 1.92. The van der Waals surface area contributed by atoms with Gasteiger partial charge in [0, 0.05) is 11.1 Å². The Morgan fingerprint density at radius 2 is 1.77 bits per heavy atom. The minimum atomic E-state index is -0.677. The molecule has 0 spiro atoms. The van der Waals surface area contributed by atoms with Crippen LogP contribution in [0.25, 0.3) is 0 Å². The minimum Gasteiger partial charge on any atom is -0.449 e. The molecule has 2 aliphatic carbocycles. The van der Waals surface area contributed by atoms with Crippen LogP contribution in [0, 0.1) is 0 Å². The normalized spacial score (nSPS) is 19.7. The van der Waals surface area contributed by atoms with Gasteiger partial charge in [0.05, 0.1) is 18.9 Å². The van der Waals surface area contributed by atoms with Gasteiger partial charge in [-0.3, -0.25) is 14.5 Å². The number of amides is 3. The first kappa shape index (κ1) is 17.8. The molecular formula is C19H21N3O4. The zero-order chi connectivity index (χ0) is 18.5. The van der Waals surface area contributed by atoms with Crippen molar-refractivity contribution in [1.82, 2.24) is 10.3 Å². The summed E-state index contributed by atoms with van der Waals surface area (Å²) in [4.78, 5) is 37.9. The summed E-state index contributed by atoms with van der Waals surface area (Å²) in [5.74, 6) is -0.629. The number of nitrogens with one attached hydrogen (secondary N) is 1. The molecule has 0 aromatic carbocycles. The molecule has 0 aromatic heterocycles. The van der Waals surface area contributed by atoms with E-state index in [4.69, 9.17) is 4.74 Å². The highest BCUT2D eigenvalue weighted by Crippen LogP contribution is 2.29. The highest BCUT2D eigenvalue weighted by Gasteiger charge is 2.39. The van der Waals surface area contributed by atoms with E-state index >= 15 is 0 Å². The molecule has 0 atom stereocenters. The fraction of sp³-hybridized carbons (Fsp3) is 0.368. The van der Waals surface area contributed by atoms with Gasteiger partial charge >= 0.3 is 6.09 Å². The lowest BCUT2D eigenvalue weighted by molar-refractivity contribution is -0.135. The van der Waals surface area contributed by atoms with Crippen LogP contribution in [0.2, 0.25) is 0 Å². The summed E-state index contributed by atoms with van der Waals surface area (Å²) in [5.41, 5.74) is 4.47. The van der Waals surface area contributed by atoms with Crippen LogP contribution in [0.5, 0.6) is 0 Å². The van der Waals surface area contributed by atoms with E-state index in [2.05, 4.69) is 10.5 Å². The highest BCUT2D eigenvalue weighted by molar-refractivity contribution is 6.26. The van der Waals surface area contributed by atoms with Crippen molar-refractivity contribution in [3.05, 3.63) is 47.1 Å². The van der Waals surface area contributed by atoms with E-state index in [1.54, 1.807) is 6.92 Å². The fourth-order valence-electron chi connectivity index (χ4n) is 3.05. The molecule has 1 saturated heterocycles. The molecule has 1 N–H and O–H groups in total. The maximum Gasteiger partial charge on any atom is 0.427 e. The topological polar surface area (TPSA) is 88.1 Å². The Morgan fingerprint density at radius 3 is 2.35 bits per heavy atom. The van der Waals surface area contributed by atoms with Gasteiger partial charge in [-0.1, -0.05) is 30.4 Å². The van der Waals surface area contributed by atoms with E-state index in [-0.39, 0.29) is 25.0 Å². The van der Waals surface area contributed by atoms with Crippen molar-refractivity contribution >= 4 is 23.6 Å². The van der Waals surface area contributed by atoms with Crippen molar-refractivity contribution in [2.45, 2.75) is 32.6 Å². The number of hydrogen-bond donors (Lipinski definition) is 1. The molecule has 3 aliphatic rings. The van der Waals surface area contributed by atoms with Gasteiger partial charge in [-0.25, -0.2) is 10.2 Å². The number of hydrazone groups is 1. The van der Waals surface area contributed by atoms with Gasteiger partial charge in [-0.05, 0) is 38.2 Å². The van der Waals surface area contributed by atoms with E-state index in [1.165, 1.54) is 4.90 Å². The number of allylic oxidation sites excluding steroid dienone is 5.